The Morgan fingerprint density at radius 2 is 1.57 bits per heavy atom. The summed E-state index contributed by atoms with van der Waals surface area (Å²) in [5, 5.41) is 0. The van der Waals surface area contributed by atoms with Crippen LogP contribution in [0.4, 0.5) is 4.39 Å². The Hall–Kier alpha value is -2.58. The molecule has 3 rings (SSSR count). The molecule has 0 saturated carbocycles. The Morgan fingerprint density at radius 1 is 0.893 bits per heavy atom. The van der Waals surface area contributed by atoms with Gasteiger partial charge in [0.25, 0.3) is 0 Å². The van der Waals surface area contributed by atoms with Crippen LogP contribution in [0.25, 0.3) is 0 Å². The fourth-order valence-corrected chi connectivity index (χ4v) is 4.56. The van der Waals surface area contributed by atoms with E-state index < -0.39 is 15.8 Å². The van der Waals surface area contributed by atoms with Gasteiger partial charge in [-0.15, -0.1) is 0 Å². The van der Waals surface area contributed by atoms with Gasteiger partial charge in [0, 0.05) is 44.6 Å². The third-order valence-corrected chi connectivity index (χ3v) is 6.58. The first-order chi connectivity index (χ1) is 13.4. The number of piperazine rings is 1. The van der Waals surface area contributed by atoms with E-state index >= 15 is 0 Å². The second kappa shape index (κ2) is 8.62. The van der Waals surface area contributed by atoms with Gasteiger partial charge < -0.3 is 4.90 Å². The first-order valence-corrected chi connectivity index (χ1v) is 10.4. The number of hydrogen-bond donors (Lipinski definition) is 0. The fraction of sp³-hybridized carbons (Fsp3) is 0.300. The van der Waals surface area contributed by atoms with Gasteiger partial charge in [0.05, 0.1) is 4.90 Å². The molecule has 6 nitrogen and oxygen atoms in total. The number of rotatable bonds is 6. The highest BCUT2D eigenvalue weighted by Crippen LogP contribution is 2.19. The van der Waals surface area contributed by atoms with Crippen molar-refractivity contribution in [1.82, 2.24) is 9.21 Å². The van der Waals surface area contributed by atoms with Crippen LogP contribution in [0.2, 0.25) is 0 Å². The van der Waals surface area contributed by atoms with E-state index in [0.717, 1.165) is 6.07 Å². The van der Waals surface area contributed by atoms with Crippen LogP contribution >= 0.6 is 0 Å². The highest BCUT2D eigenvalue weighted by atomic mass is 32.2. The molecule has 0 bridgehead atoms. The molecule has 0 radical (unpaired) electrons. The van der Waals surface area contributed by atoms with Crippen LogP contribution in [-0.2, 0) is 14.8 Å². The average Bonchev–Trinajstić information content (AvgIpc) is 2.72. The molecule has 8 heteroatoms. The number of halogens is 1. The number of carbonyl (C=O) groups excluding carboxylic acids is 2. The van der Waals surface area contributed by atoms with Gasteiger partial charge in [0.15, 0.2) is 5.78 Å². The van der Waals surface area contributed by atoms with Crippen molar-refractivity contribution in [3.05, 3.63) is 66.0 Å². The molecular weight excluding hydrogens is 383 g/mol. The standard InChI is InChI=1S/C20H21FN2O4S/c21-17-7-4-8-18(15-17)28(26,27)23-13-11-22(12-14-23)20(25)10-9-19(24)16-5-2-1-3-6-16/h1-8,15H,9-14H2. The Bertz CT molecular complexity index is 955. The van der Waals surface area contributed by atoms with Crippen molar-refractivity contribution in [1.29, 1.82) is 0 Å². The predicted molar refractivity (Wildman–Crippen MR) is 102 cm³/mol. The molecule has 1 heterocycles. The van der Waals surface area contributed by atoms with E-state index in [1.54, 1.807) is 29.2 Å². The maximum atomic E-state index is 13.3. The minimum atomic E-state index is -3.79. The zero-order valence-corrected chi connectivity index (χ0v) is 16.1. The largest absolute Gasteiger partial charge is 0.340 e. The summed E-state index contributed by atoms with van der Waals surface area (Å²) in [5.74, 6) is -0.883. The lowest BCUT2D eigenvalue weighted by Crippen LogP contribution is -2.50. The molecule has 28 heavy (non-hydrogen) atoms. The molecule has 0 N–H and O–H groups in total. The molecule has 2 aromatic carbocycles. The molecule has 0 atom stereocenters. The summed E-state index contributed by atoms with van der Waals surface area (Å²) >= 11 is 0. The van der Waals surface area contributed by atoms with Gasteiger partial charge in [-0.3, -0.25) is 9.59 Å². The molecule has 1 saturated heterocycles. The fourth-order valence-electron chi connectivity index (χ4n) is 3.10. The lowest BCUT2D eigenvalue weighted by Gasteiger charge is -2.34. The van der Waals surface area contributed by atoms with Crippen LogP contribution in [0.1, 0.15) is 23.2 Å². The third-order valence-electron chi connectivity index (χ3n) is 4.69. The van der Waals surface area contributed by atoms with Gasteiger partial charge in [-0.25, -0.2) is 12.8 Å². The Balaban J connectivity index is 1.53. The smallest absolute Gasteiger partial charge is 0.243 e. The topological polar surface area (TPSA) is 74.8 Å². The van der Waals surface area contributed by atoms with Crippen molar-refractivity contribution in [2.45, 2.75) is 17.7 Å². The van der Waals surface area contributed by atoms with Crippen molar-refractivity contribution in [3.63, 3.8) is 0 Å². The molecule has 0 unspecified atom stereocenters. The molecule has 1 fully saturated rings. The zero-order chi connectivity index (χ0) is 20.1. The van der Waals surface area contributed by atoms with Gasteiger partial charge in [-0.2, -0.15) is 4.31 Å². The summed E-state index contributed by atoms with van der Waals surface area (Å²) in [6.07, 6.45) is 0.203. The minimum absolute atomic E-state index is 0.0877. The number of benzene rings is 2. The molecule has 2 aromatic rings. The predicted octanol–water partition coefficient (Wildman–Crippen LogP) is 2.32. The summed E-state index contributed by atoms with van der Waals surface area (Å²) in [7, 11) is -3.79. The molecule has 0 aliphatic carbocycles. The number of sulfonamides is 1. The van der Waals surface area contributed by atoms with Crippen LogP contribution in [0.5, 0.6) is 0 Å². The van der Waals surface area contributed by atoms with Crippen LogP contribution < -0.4 is 0 Å². The second-order valence-corrected chi connectivity index (χ2v) is 8.47. The maximum Gasteiger partial charge on any atom is 0.243 e. The van der Waals surface area contributed by atoms with Crippen molar-refractivity contribution >= 4 is 21.7 Å². The monoisotopic (exact) mass is 404 g/mol. The Labute approximate surface area is 163 Å². The Kier molecular flexibility index (Phi) is 6.21. The van der Waals surface area contributed by atoms with E-state index in [0.29, 0.717) is 5.56 Å². The van der Waals surface area contributed by atoms with Crippen LogP contribution in [-0.4, -0.2) is 55.5 Å². The molecule has 0 spiro atoms. The van der Waals surface area contributed by atoms with Crippen LogP contribution in [0.3, 0.4) is 0 Å². The summed E-state index contributed by atoms with van der Waals surface area (Å²) < 4.78 is 39.8. The number of Topliss-reactive ketones (excluding diaryl/α,β-unsaturated/α-hetero) is 1. The van der Waals surface area contributed by atoms with Gasteiger partial charge in [-0.1, -0.05) is 36.4 Å². The average molecular weight is 404 g/mol. The summed E-state index contributed by atoms with van der Waals surface area (Å²) in [6.45, 7) is 0.758. The van der Waals surface area contributed by atoms with Crippen molar-refractivity contribution in [2.24, 2.45) is 0 Å². The summed E-state index contributed by atoms with van der Waals surface area (Å²) in [6, 6.07) is 13.7. The van der Waals surface area contributed by atoms with E-state index in [2.05, 4.69) is 0 Å². The normalized spacial score (nSPS) is 15.4. The minimum Gasteiger partial charge on any atom is -0.340 e. The van der Waals surface area contributed by atoms with E-state index in [9.17, 15) is 22.4 Å². The van der Waals surface area contributed by atoms with Crippen molar-refractivity contribution in [2.75, 3.05) is 26.2 Å². The molecule has 148 valence electrons. The highest BCUT2D eigenvalue weighted by Gasteiger charge is 2.30. The third kappa shape index (κ3) is 4.63. The molecule has 1 aliphatic heterocycles. The summed E-state index contributed by atoms with van der Waals surface area (Å²) in [4.78, 5) is 25.9. The lowest BCUT2D eigenvalue weighted by atomic mass is 10.1. The second-order valence-electron chi connectivity index (χ2n) is 6.53. The first-order valence-electron chi connectivity index (χ1n) is 8.99. The van der Waals surface area contributed by atoms with E-state index in [1.807, 2.05) is 6.07 Å². The van der Waals surface area contributed by atoms with E-state index in [-0.39, 0.29) is 55.6 Å². The van der Waals surface area contributed by atoms with E-state index in [4.69, 9.17) is 0 Å². The van der Waals surface area contributed by atoms with Gasteiger partial charge in [0.1, 0.15) is 5.82 Å². The molecule has 1 aliphatic rings. The number of carbonyl (C=O) groups is 2. The van der Waals surface area contributed by atoms with Crippen LogP contribution in [0, 0.1) is 5.82 Å². The zero-order valence-electron chi connectivity index (χ0n) is 15.3. The summed E-state index contributed by atoms with van der Waals surface area (Å²) in [5.41, 5.74) is 0.571. The van der Waals surface area contributed by atoms with Crippen molar-refractivity contribution in [3.8, 4) is 0 Å². The van der Waals surface area contributed by atoms with E-state index in [1.165, 1.54) is 22.5 Å². The highest BCUT2D eigenvalue weighted by molar-refractivity contribution is 7.89. The maximum absolute atomic E-state index is 13.3. The molecular formula is C20H21FN2O4S. The van der Waals surface area contributed by atoms with Gasteiger partial charge >= 0.3 is 0 Å². The van der Waals surface area contributed by atoms with Gasteiger partial charge in [-0.05, 0) is 18.2 Å². The van der Waals surface area contributed by atoms with Gasteiger partial charge in [0.2, 0.25) is 15.9 Å². The number of amides is 1. The molecule has 1 amide bonds. The molecule has 0 aromatic heterocycles. The number of hydrogen-bond acceptors (Lipinski definition) is 4. The Morgan fingerprint density at radius 3 is 2.21 bits per heavy atom. The SMILES string of the molecule is O=C(CCC(=O)N1CCN(S(=O)(=O)c2cccc(F)c2)CC1)c1ccccc1. The quantitative estimate of drug-likeness (QED) is 0.693. The first kappa shape index (κ1) is 20.2. The number of nitrogens with zero attached hydrogens (tertiary/aromatic N) is 2. The van der Waals surface area contributed by atoms with Crippen LogP contribution in [0.15, 0.2) is 59.5 Å². The lowest BCUT2D eigenvalue weighted by molar-refractivity contribution is -0.132. The van der Waals surface area contributed by atoms with Crippen molar-refractivity contribution < 1.29 is 22.4 Å². The number of ketones is 1.